The summed E-state index contributed by atoms with van der Waals surface area (Å²) < 4.78 is 42.9. The fraction of sp³-hybridized carbons (Fsp3) is 0.154. The molecule has 2 aromatic rings. The minimum Gasteiger partial charge on any atom is -0.463 e. The lowest BCUT2D eigenvalue weighted by molar-refractivity contribution is -0.141. The molecule has 0 radical (unpaired) electrons. The lowest BCUT2D eigenvalue weighted by Crippen LogP contribution is -2.15. The molecule has 1 aromatic carbocycles. The molecule has 0 N–H and O–H groups in total. The highest BCUT2D eigenvalue weighted by Crippen LogP contribution is 2.30. The van der Waals surface area contributed by atoms with Crippen LogP contribution in [0.5, 0.6) is 0 Å². The Morgan fingerprint density at radius 3 is 2.52 bits per heavy atom. The van der Waals surface area contributed by atoms with Gasteiger partial charge in [0.2, 0.25) is 5.82 Å². The van der Waals surface area contributed by atoms with Crippen molar-refractivity contribution < 1.29 is 22.7 Å². The Bertz CT molecular complexity index is 689. The molecule has 0 amide bonds. The van der Waals surface area contributed by atoms with Crippen molar-refractivity contribution in [1.82, 2.24) is 9.97 Å². The van der Waals surface area contributed by atoms with E-state index in [-0.39, 0.29) is 5.69 Å². The lowest BCUT2D eigenvalue weighted by atomic mass is 10.1. The second-order valence-corrected chi connectivity index (χ2v) is 4.40. The summed E-state index contributed by atoms with van der Waals surface area (Å²) in [4.78, 5) is 18.4. The molecular formula is C13H8ClF3N2O2. The van der Waals surface area contributed by atoms with Crippen LogP contribution in [0.3, 0.4) is 0 Å². The average molecular weight is 317 g/mol. The Kier molecular flexibility index (Phi) is 4.13. The van der Waals surface area contributed by atoms with E-state index in [9.17, 15) is 18.0 Å². The zero-order valence-corrected chi connectivity index (χ0v) is 11.4. The maximum absolute atomic E-state index is 12.8. The number of ether oxygens (including phenoxy) is 1. The summed E-state index contributed by atoms with van der Waals surface area (Å²) in [6, 6.07) is 6.83. The van der Waals surface area contributed by atoms with Crippen molar-refractivity contribution in [2.45, 2.75) is 6.18 Å². The molecule has 0 fully saturated rings. The van der Waals surface area contributed by atoms with Crippen LogP contribution in [0, 0.1) is 0 Å². The van der Waals surface area contributed by atoms with Gasteiger partial charge >= 0.3 is 12.1 Å². The molecular weight excluding hydrogens is 309 g/mol. The summed E-state index contributed by atoms with van der Waals surface area (Å²) in [7, 11) is 1.03. The zero-order valence-electron chi connectivity index (χ0n) is 10.6. The van der Waals surface area contributed by atoms with Gasteiger partial charge in [-0.15, -0.1) is 0 Å². The van der Waals surface area contributed by atoms with Gasteiger partial charge in [0.15, 0.2) is 0 Å². The number of hydrogen-bond donors (Lipinski definition) is 0. The molecule has 4 nitrogen and oxygen atoms in total. The van der Waals surface area contributed by atoms with Crippen LogP contribution < -0.4 is 0 Å². The maximum Gasteiger partial charge on any atom is 0.433 e. The third-order valence-electron chi connectivity index (χ3n) is 2.50. The normalized spacial score (nSPS) is 11.3. The Morgan fingerprint density at radius 1 is 1.24 bits per heavy atom. The van der Waals surface area contributed by atoms with Crippen LogP contribution in [0.1, 0.15) is 16.3 Å². The number of benzene rings is 1. The molecule has 0 aliphatic carbocycles. The predicted octanol–water partition coefficient (Wildman–Crippen LogP) is 3.60. The first kappa shape index (κ1) is 15.2. The lowest BCUT2D eigenvalue weighted by Gasteiger charge is -2.10. The smallest absolute Gasteiger partial charge is 0.433 e. The molecule has 0 saturated carbocycles. The topological polar surface area (TPSA) is 52.1 Å². The molecule has 1 heterocycles. The Labute approximate surface area is 122 Å². The van der Waals surface area contributed by atoms with E-state index < -0.39 is 23.7 Å². The largest absolute Gasteiger partial charge is 0.463 e. The minimum absolute atomic E-state index is 0.0692. The van der Waals surface area contributed by atoms with Gasteiger partial charge < -0.3 is 4.74 Å². The zero-order chi connectivity index (χ0) is 15.6. The van der Waals surface area contributed by atoms with Gasteiger partial charge in [-0.05, 0) is 18.2 Å². The first-order chi connectivity index (χ1) is 9.81. The van der Waals surface area contributed by atoms with Gasteiger partial charge in [0.25, 0.3) is 0 Å². The van der Waals surface area contributed by atoms with Crippen molar-refractivity contribution in [3.63, 3.8) is 0 Å². The van der Waals surface area contributed by atoms with E-state index >= 15 is 0 Å². The van der Waals surface area contributed by atoms with Crippen molar-refractivity contribution in [2.75, 3.05) is 7.11 Å². The van der Waals surface area contributed by atoms with E-state index in [1.807, 2.05) is 0 Å². The fourth-order valence-corrected chi connectivity index (χ4v) is 1.76. The van der Waals surface area contributed by atoms with Crippen LogP contribution in [-0.4, -0.2) is 23.0 Å². The number of aromatic nitrogens is 2. The van der Waals surface area contributed by atoms with Gasteiger partial charge in [0.05, 0.1) is 12.8 Å². The van der Waals surface area contributed by atoms with Crippen molar-refractivity contribution >= 4 is 17.6 Å². The highest BCUT2D eigenvalue weighted by Gasteiger charge is 2.34. The van der Waals surface area contributed by atoms with Crippen LogP contribution >= 0.6 is 11.6 Å². The van der Waals surface area contributed by atoms with Crippen molar-refractivity contribution in [1.29, 1.82) is 0 Å². The van der Waals surface area contributed by atoms with Crippen LogP contribution in [0.15, 0.2) is 30.3 Å². The summed E-state index contributed by atoms with van der Waals surface area (Å²) in [6.45, 7) is 0. The van der Waals surface area contributed by atoms with E-state index in [0.29, 0.717) is 10.6 Å². The van der Waals surface area contributed by atoms with Gasteiger partial charge in [0, 0.05) is 10.6 Å². The molecule has 0 bridgehead atoms. The summed E-state index contributed by atoms with van der Waals surface area (Å²) in [6.07, 6.45) is -4.71. The van der Waals surface area contributed by atoms with Crippen molar-refractivity contribution in [3.05, 3.63) is 46.9 Å². The average Bonchev–Trinajstić information content (AvgIpc) is 2.45. The quantitative estimate of drug-likeness (QED) is 0.794. The number of methoxy groups -OCH3 is 1. The number of carbonyl (C=O) groups excluding carboxylic acids is 1. The van der Waals surface area contributed by atoms with Gasteiger partial charge in [-0.2, -0.15) is 13.2 Å². The first-order valence-electron chi connectivity index (χ1n) is 5.62. The van der Waals surface area contributed by atoms with Gasteiger partial charge in [-0.1, -0.05) is 23.7 Å². The van der Waals surface area contributed by atoms with Crippen LogP contribution in [0.2, 0.25) is 5.02 Å². The number of hydrogen-bond acceptors (Lipinski definition) is 4. The highest BCUT2D eigenvalue weighted by atomic mass is 35.5. The molecule has 0 unspecified atom stereocenters. The maximum atomic E-state index is 12.8. The third kappa shape index (κ3) is 3.49. The summed E-state index contributed by atoms with van der Waals surface area (Å²) in [5.41, 5.74) is -0.964. The van der Waals surface area contributed by atoms with E-state index in [1.54, 1.807) is 12.1 Å². The van der Waals surface area contributed by atoms with E-state index in [2.05, 4.69) is 14.7 Å². The monoisotopic (exact) mass is 316 g/mol. The van der Waals surface area contributed by atoms with Crippen molar-refractivity contribution in [2.24, 2.45) is 0 Å². The number of carbonyl (C=O) groups is 1. The number of esters is 1. The Hall–Kier alpha value is -2.15. The van der Waals surface area contributed by atoms with Gasteiger partial charge in [-0.25, -0.2) is 14.8 Å². The molecule has 0 atom stereocenters. The number of alkyl halides is 3. The molecule has 0 aliphatic rings. The molecule has 1 aromatic heterocycles. The molecule has 0 aliphatic heterocycles. The minimum atomic E-state index is -4.71. The summed E-state index contributed by atoms with van der Waals surface area (Å²) in [5.74, 6) is -1.72. The number of rotatable bonds is 2. The van der Waals surface area contributed by atoms with Gasteiger partial charge in [0.1, 0.15) is 5.69 Å². The first-order valence-corrected chi connectivity index (χ1v) is 5.99. The van der Waals surface area contributed by atoms with E-state index in [4.69, 9.17) is 11.6 Å². The molecule has 110 valence electrons. The third-order valence-corrected chi connectivity index (χ3v) is 2.74. The summed E-state index contributed by atoms with van der Waals surface area (Å²) in [5, 5.41) is 0.333. The second-order valence-electron chi connectivity index (χ2n) is 3.96. The van der Waals surface area contributed by atoms with Crippen molar-refractivity contribution in [3.8, 4) is 11.3 Å². The van der Waals surface area contributed by atoms with Crippen LogP contribution in [-0.2, 0) is 10.9 Å². The predicted molar refractivity (Wildman–Crippen MR) is 68.8 cm³/mol. The highest BCUT2D eigenvalue weighted by molar-refractivity contribution is 6.30. The molecule has 2 rings (SSSR count). The molecule has 8 heteroatoms. The molecule has 21 heavy (non-hydrogen) atoms. The number of halogens is 4. The van der Waals surface area contributed by atoms with Crippen LogP contribution in [0.25, 0.3) is 11.3 Å². The Morgan fingerprint density at radius 2 is 1.95 bits per heavy atom. The fourth-order valence-electron chi connectivity index (χ4n) is 1.57. The van der Waals surface area contributed by atoms with E-state index in [1.165, 1.54) is 12.1 Å². The summed E-state index contributed by atoms with van der Waals surface area (Å²) >= 11 is 5.80. The van der Waals surface area contributed by atoms with Gasteiger partial charge in [-0.3, -0.25) is 0 Å². The Balaban J connectivity index is 2.63. The molecule has 0 saturated heterocycles. The molecule has 0 spiro atoms. The standard InChI is InChI=1S/C13H8ClF3N2O2/c1-21-12(20)11-18-9(6-10(19-11)13(15,16)17)7-3-2-4-8(14)5-7/h2-6H,1H3. The van der Waals surface area contributed by atoms with Crippen LogP contribution in [0.4, 0.5) is 13.2 Å². The van der Waals surface area contributed by atoms with E-state index in [0.717, 1.165) is 13.2 Å². The number of nitrogens with zero attached hydrogens (tertiary/aromatic N) is 2. The SMILES string of the molecule is COC(=O)c1nc(-c2cccc(Cl)c2)cc(C(F)(F)F)n1. The second kappa shape index (κ2) is 5.69.